The Bertz CT molecular complexity index is 578. The van der Waals surface area contributed by atoms with Crippen LogP contribution in [-0.4, -0.2) is 7.05 Å². The second-order valence-electron chi connectivity index (χ2n) is 5.25. The van der Waals surface area contributed by atoms with E-state index in [-0.39, 0.29) is 6.04 Å². The molecule has 0 fully saturated rings. The average molecular weight is 322 g/mol. The van der Waals surface area contributed by atoms with E-state index in [0.29, 0.717) is 0 Å². The van der Waals surface area contributed by atoms with Crippen LogP contribution in [0, 0.1) is 0 Å². The molecular weight excluding hydrogens is 298 g/mol. The predicted molar refractivity (Wildman–Crippen MR) is 94.8 cm³/mol. The summed E-state index contributed by atoms with van der Waals surface area (Å²) in [5, 5.41) is 3.49. The molecule has 1 atom stereocenters. The monoisotopic (exact) mass is 321 g/mol. The molecule has 3 heteroatoms. The van der Waals surface area contributed by atoms with Crippen molar-refractivity contribution in [3.8, 4) is 0 Å². The number of nitrogens with one attached hydrogen (secondary N) is 1. The van der Waals surface area contributed by atoms with Gasteiger partial charge in [0.2, 0.25) is 0 Å². The zero-order valence-corrected chi connectivity index (χ0v) is 14.9. The van der Waals surface area contributed by atoms with E-state index in [1.54, 1.807) is 11.3 Å². The average Bonchev–Trinajstić information content (AvgIpc) is 2.94. The molecule has 0 aliphatic heterocycles. The summed E-state index contributed by atoms with van der Waals surface area (Å²) in [5.74, 6) is 0. The molecule has 2 aromatic rings. The summed E-state index contributed by atoms with van der Waals surface area (Å²) >= 11 is 7.80. The first-order chi connectivity index (χ1) is 10.1. The lowest BCUT2D eigenvalue weighted by molar-refractivity contribution is 0.686. The molecule has 0 bridgehead atoms. The molecule has 0 aliphatic rings. The Labute approximate surface area is 137 Å². The van der Waals surface area contributed by atoms with E-state index in [4.69, 9.17) is 11.6 Å². The number of hydrogen-bond acceptors (Lipinski definition) is 2. The zero-order valence-electron chi connectivity index (χ0n) is 13.3. The minimum absolute atomic E-state index is 0.235. The van der Waals surface area contributed by atoms with Gasteiger partial charge in [0, 0.05) is 4.88 Å². The zero-order chi connectivity index (χ0) is 15.4. The third-order valence-electron chi connectivity index (χ3n) is 4.04. The molecule has 0 radical (unpaired) electrons. The fraction of sp³-hybridized carbons (Fsp3) is 0.444. The SMILES string of the molecule is CCc1cc(CC)c(C(NC)c2ccc(Cl)s2)c(CC)c1. The van der Waals surface area contributed by atoms with Crippen LogP contribution in [-0.2, 0) is 19.3 Å². The highest BCUT2D eigenvalue weighted by Gasteiger charge is 2.20. The normalized spacial score (nSPS) is 12.6. The summed E-state index contributed by atoms with van der Waals surface area (Å²) in [5.41, 5.74) is 5.79. The van der Waals surface area contributed by atoms with Gasteiger partial charge in [0.1, 0.15) is 0 Å². The molecule has 0 aliphatic carbocycles. The van der Waals surface area contributed by atoms with Gasteiger partial charge in [-0.1, -0.05) is 44.5 Å². The largest absolute Gasteiger partial charge is 0.309 e. The third-order valence-corrected chi connectivity index (χ3v) is 5.33. The molecule has 0 saturated heterocycles. The van der Waals surface area contributed by atoms with E-state index < -0.39 is 0 Å². The maximum atomic E-state index is 6.13. The van der Waals surface area contributed by atoms with Gasteiger partial charge in [0.25, 0.3) is 0 Å². The van der Waals surface area contributed by atoms with Crippen LogP contribution < -0.4 is 5.32 Å². The fourth-order valence-electron chi connectivity index (χ4n) is 2.92. The molecule has 0 saturated carbocycles. The summed E-state index contributed by atoms with van der Waals surface area (Å²) < 4.78 is 0.853. The minimum atomic E-state index is 0.235. The van der Waals surface area contributed by atoms with Gasteiger partial charge in [0.15, 0.2) is 0 Å². The molecule has 1 aromatic carbocycles. The number of halogens is 1. The number of thiophene rings is 1. The molecule has 1 nitrogen and oxygen atoms in total. The van der Waals surface area contributed by atoms with Crippen LogP contribution in [0.15, 0.2) is 24.3 Å². The van der Waals surface area contributed by atoms with Gasteiger partial charge in [-0.3, -0.25) is 0 Å². The highest BCUT2D eigenvalue weighted by Crippen LogP contribution is 2.35. The smallest absolute Gasteiger partial charge is 0.0931 e. The first-order valence-corrected chi connectivity index (χ1v) is 8.91. The molecule has 1 unspecified atom stereocenters. The van der Waals surface area contributed by atoms with Crippen molar-refractivity contribution in [3.05, 3.63) is 55.7 Å². The summed E-state index contributed by atoms with van der Waals surface area (Å²) in [6.45, 7) is 6.71. The lowest BCUT2D eigenvalue weighted by Crippen LogP contribution is -2.20. The van der Waals surface area contributed by atoms with E-state index in [0.717, 1.165) is 23.6 Å². The number of rotatable bonds is 6. The van der Waals surface area contributed by atoms with Gasteiger partial charge in [-0.2, -0.15) is 0 Å². The second kappa shape index (κ2) is 7.44. The standard InChI is InChI=1S/C18H24ClNS/c1-5-12-10-13(6-2)17(14(7-3)11-12)18(20-4)15-8-9-16(19)21-15/h8-11,18,20H,5-7H2,1-4H3. The molecule has 114 valence electrons. The van der Waals surface area contributed by atoms with Crippen LogP contribution in [0.1, 0.15) is 53.9 Å². The Balaban J connectivity index is 2.58. The number of hydrogen-bond donors (Lipinski definition) is 1. The Morgan fingerprint density at radius 1 is 1.05 bits per heavy atom. The van der Waals surface area contributed by atoms with E-state index in [2.05, 4.69) is 44.3 Å². The predicted octanol–water partition coefficient (Wildman–Crippen LogP) is 5.40. The molecule has 0 spiro atoms. The topological polar surface area (TPSA) is 12.0 Å². The molecule has 1 N–H and O–H groups in total. The van der Waals surface area contributed by atoms with Crippen molar-refractivity contribution in [2.24, 2.45) is 0 Å². The van der Waals surface area contributed by atoms with E-state index >= 15 is 0 Å². The number of aryl methyl sites for hydroxylation is 3. The first-order valence-electron chi connectivity index (χ1n) is 7.71. The second-order valence-corrected chi connectivity index (χ2v) is 7.00. The van der Waals surface area contributed by atoms with Gasteiger partial charge in [-0.05, 0) is 60.7 Å². The molecular formula is C18H24ClNS. The van der Waals surface area contributed by atoms with Crippen molar-refractivity contribution >= 4 is 22.9 Å². The Morgan fingerprint density at radius 3 is 2.05 bits per heavy atom. The fourth-order valence-corrected chi connectivity index (χ4v) is 4.10. The molecule has 2 rings (SSSR count). The maximum absolute atomic E-state index is 6.13. The van der Waals surface area contributed by atoms with Crippen LogP contribution in [0.25, 0.3) is 0 Å². The van der Waals surface area contributed by atoms with Crippen LogP contribution in [0.5, 0.6) is 0 Å². The minimum Gasteiger partial charge on any atom is -0.309 e. The van der Waals surface area contributed by atoms with Gasteiger partial charge in [0.05, 0.1) is 10.4 Å². The lowest BCUT2D eigenvalue weighted by Gasteiger charge is -2.23. The Kier molecular flexibility index (Phi) is 5.86. The van der Waals surface area contributed by atoms with Crippen molar-refractivity contribution in [3.63, 3.8) is 0 Å². The van der Waals surface area contributed by atoms with Crippen molar-refractivity contribution in [1.29, 1.82) is 0 Å². The van der Waals surface area contributed by atoms with Crippen LogP contribution in [0.4, 0.5) is 0 Å². The Morgan fingerprint density at radius 2 is 1.67 bits per heavy atom. The highest BCUT2D eigenvalue weighted by molar-refractivity contribution is 7.16. The summed E-state index contributed by atoms with van der Waals surface area (Å²) in [6.07, 6.45) is 3.22. The quantitative estimate of drug-likeness (QED) is 0.751. The molecule has 0 amide bonds. The van der Waals surface area contributed by atoms with Crippen LogP contribution in [0.3, 0.4) is 0 Å². The van der Waals surface area contributed by atoms with E-state index in [1.165, 1.54) is 27.1 Å². The molecule has 1 aromatic heterocycles. The maximum Gasteiger partial charge on any atom is 0.0931 e. The summed E-state index contributed by atoms with van der Waals surface area (Å²) in [7, 11) is 2.03. The van der Waals surface area contributed by atoms with E-state index in [1.807, 2.05) is 13.1 Å². The summed E-state index contributed by atoms with van der Waals surface area (Å²) in [4.78, 5) is 1.29. The van der Waals surface area contributed by atoms with Crippen molar-refractivity contribution < 1.29 is 0 Å². The summed E-state index contributed by atoms with van der Waals surface area (Å²) in [6, 6.07) is 9.10. The Hall–Kier alpha value is -0.830. The van der Waals surface area contributed by atoms with Gasteiger partial charge >= 0.3 is 0 Å². The van der Waals surface area contributed by atoms with Gasteiger partial charge < -0.3 is 5.32 Å². The van der Waals surface area contributed by atoms with Crippen LogP contribution in [0.2, 0.25) is 4.34 Å². The number of benzene rings is 1. The third kappa shape index (κ3) is 3.50. The first kappa shape index (κ1) is 16.5. The van der Waals surface area contributed by atoms with Crippen molar-refractivity contribution in [2.75, 3.05) is 7.05 Å². The van der Waals surface area contributed by atoms with Gasteiger partial charge in [-0.15, -0.1) is 11.3 Å². The highest BCUT2D eigenvalue weighted by atomic mass is 35.5. The van der Waals surface area contributed by atoms with E-state index in [9.17, 15) is 0 Å². The lowest BCUT2D eigenvalue weighted by atomic mass is 9.88. The molecule has 1 heterocycles. The van der Waals surface area contributed by atoms with Gasteiger partial charge in [-0.25, -0.2) is 0 Å². The van der Waals surface area contributed by atoms with Crippen molar-refractivity contribution in [1.82, 2.24) is 5.32 Å². The van der Waals surface area contributed by atoms with Crippen LogP contribution >= 0.6 is 22.9 Å². The molecule has 21 heavy (non-hydrogen) atoms. The van der Waals surface area contributed by atoms with Crippen molar-refractivity contribution in [2.45, 2.75) is 46.1 Å².